The number of rotatable bonds is 4. The topological polar surface area (TPSA) is 12.0 Å². The first kappa shape index (κ1) is 12.7. The third-order valence-electron chi connectivity index (χ3n) is 3.37. The summed E-state index contributed by atoms with van der Waals surface area (Å²) in [6, 6.07) is 15.2. The van der Waals surface area contributed by atoms with Crippen LogP contribution in [0, 0.1) is 13.8 Å². The Morgan fingerprint density at radius 3 is 2.44 bits per heavy atom. The van der Waals surface area contributed by atoms with Crippen LogP contribution in [0.5, 0.6) is 0 Å². The second-order valence-electron chi connectivity index (χ2n) is 4.79. The average molecular weight is 239 g/mol. The van der Waals surface area contributed by atoms with Crippen molar-refractivity contribution in [1.82, 2.24) is 0 Å². The van der Waals surface area contributed by atoms with E-state index in [1.807, 2.05) is 0 Å². The Morgan fingerprint density at radius 1 is 0.944 bits per heavy atom. The van der Waals surface area contributed by atoms with E-state index in [9.17, 15) is 0 Å². The highest BCUT2D eigenvalue weighted by molar-refractivity contribution is 5.51. The second kappa shape index (κ2) is 5.72. The Balaban J connectivity index is 2.11. The number of hydrogen-bond donors (Lipinski definition) is 1. The largest absolute Gasteiger partial charge is 0.381 e. The normalized spacial score (nSPS) is 10.4. The average Bonchev–Trinajstić information content (AvgIpc) is 2.38. The lowest BCUT2D eigenvalue weighted by Crippen LogP contribution is -2.03. The van der Waals surface area contributed by atoms with E-state index in [-0.39, 0.29) is 0 Å². The van der Waals surface area contributed by atoms with E-state index in [2.05, 4.69) is 68.6 Å². The molecule has 2 aromatic carbocycles. The molecule has 1 heteroatoms. The molecule has 0 amide bonds. The molecule has 0 aromatic heterocycles. The first-order valence-electron chi connectivity index (χ1n) is 6.58. The van der Waals surface area contributed by atoms with Crippen LogP contribution in [0.4, 0.5) is 5.69 Å². The Labute approximate surface area is 110 Å². The highest BCUT2D eigenvalue weighted by atomic mass is 14.9. The number of anilines is 1. The number of hydrogen-bond acceptors (Lipinski definition) is 1. The number of nitrogens with one attached hydrogen (secondary N) is 1. The van der Waals surface area contributed by atoms with Gasteiger partial charge in [-0.15, -0.1) is 0 Å². The van der Waals surface area contributed by atoms with E-state index in [1.54, 1.807) is 0 Å². The Kier molecular flexibility index (Phi) is 4.03. The molecule has 0 radical (unpaired) electrons. The van der Waals surface area contributed by atoms with Crippen LogP contribution in [-0.4, -0.2) is 0 Å². The lowest BCUT2D eigenvalue weighted by molar-refractivity contribution is 1.08. The van der Waals surface area contributed by atoms with Gasteiger partial charge in [-0.1, -0.05) is 48.9 Å². The van der Waals surface area contributed by atoms with E-state index in [0.717, 1.165) is 13.0 Å². The Morgan fingerprint density at radius 2 is 1.72 bits per heavy atom. The molecule has 0 spiro atoms. The molecule has 0 saturated heterocycles. The lowest BCUT2D eigenvalue weighted by Gasteiger charge is -2.12. The molecule has 0 saturated carbocycles. The maximum absolute atomic E-state index is 3.54. The fourth-order valence-corrected chi connectivity index (χ4v) is 2.24. The summed E-state index contributed by atoms with van der Waals surface area (Å²) in [4.78, 5) is 0. The summed E-state index contributed by atoms with van der Waals surface area (Å²) in [6.45, 7) is 7.40. The van der Waals surface area contributed by atoms with E-state index < -0.39 is 0 Å². The maximum Gasteiger partial charge on any atom is 0.0403 e. The predicted octanol–water partition coefficient (Wildman–Crippen LogP) is 4.48. The van der Waals surface area contributed by atoms with Crippen LogP contribution in [-0.2, 0) is 13.0 Å². The zero-order chi connectivity index (χ0) is 13.0. The smallest absolute Gasteiger partial charge is 0.0403 e. The van der Waals surface area contributed by atoms with Gasteiger partial charge >= 0.3 is 0 Å². The minimum absolute atomic E-state index is 0.892. The fraction of sp³-hybridized carbons (Fsp3) is 0.294. The molecule has 0 aliphatic carbocycles. The second-order valence-corrected chi connectivity index (χ2v) is 4.79. The molecule has 0 fully saturated rings. The number of benzene rings is 2. The summed E-state index contributed by atoms with van der Waals surface area (Å²) in [6.07, 6.45) is 1.07. The Bertz CT molecular complexity index is 529. The van der Waals surface area contributed by atoms with Crippen molar-refractivity contribution < 1.29 is 0 Å². The zero-order valence-electron chi connectivity index (χ0n) is 11.5. The van der Waals surface area contributed by atoms with Crippen LogP contribution in [0.3, 0.4) is 0 Å². The first-order valence-corrected chi connectivity index (χ1v) is 6.58. The van der Waals surface area contributed by atoms with Gasteiger partial charge < -0.3 is 5.32 Å². The van der Waals surface area contributed by atoms with Gasteiger partial charge in [-0.05, 0) is 43.0 Å². The molecule has 2 aromatic rings. The molecule has 0 bridgehead atoms. The minimum atomic E-state index is 0.892. The summed E-state index contributed by atoms with van der Waals surface area (Å²) < 4.78 is 0. The van der Waals surface area contributed by atoms with Gasteiger partial charge in [0.2, 0.25) is 0 Å². The van der Waals surface area contributed by atoms with Gasteiger partial charge in [0.1, 0.15) is 0 Å². The van der Waals surface area contributed by atoms with Gasteiger partial charge in [0.05, 0.1) is 0 Å². The highest BCUT2D eigenvalue weighted by Gasteiger charge is 2.01. The molecule has 1 N–H and O–H groups in total. The molecule has 2 rings (SSSR count). The SMILES string of the molecule is CCc1ccccc1NCc1ccc(C)cc1C. The summed E-state index contributed by atoms with van der Waals surface area (Å²) in [5.74, 6) is 0. The van der Waals surface area contributed by atoms with Gasteiger partial charge in [-0.25, -0.2) is 0 Å². The van der Waals surface area contributed by atoms with Crippen molar-refractivity contribution in [3.63, 3.8) is 0 Å². The number of para-hydroxylation sites is 1. The molecule has 0 aliphatic heterocycles. The van der Waals surface area contributed by atoms with Gasteiger partial charge in [-0.2, -0.15) is 0 Å². The van der Waals surface area contributed by atoms with Crippen LogP contribution in [0.1, 0.15) is 29.2 Å². The van der Waals surface area contributed by atoms with Gasteiger partial charge in [-0.3, -0.25) is 0 Å². The molecule has 1 nitrogen and oxygen atoms in total. The van der Waals surface area contributed by atoms with Crippen molar-refractivity contribution >= 4 is 5.69 Å². The number of aryl methyl sites for hydroxylation is 3. The van der Waals surface area contributed by atoms with Crippen LogP contribution < -0.4 is 5.32 Å². The molecular formula is C17H21N. The van der Waals surface area contributed by atoms with E-state index >= 15 is 0 Å². The van der Waals surface area contributed by atoms with E-state index in [0.29, 0.717) is 0 Å². The molecule has 0 aliphatic rings. The van der Waals surface area contributed by atoms with Gasteiger partial charge in [0.15, 0.2) is 0 Å². The molecule has 0 heterocycles. The van der Waals surface area contributed by atoms with Gasteiger partial charge in [0, 0.05) is 12.2 Å². The van der Waals surface area contributed by atoms with Crippen molar-refractivity contribution in [2.24, 2.45) is 0 Å². The molecule has 0 atom stereocenters. The first-order chi connectivity index (χ1) is 8.70. The summed E-state index contributed by atoms with van der Waals surface area (Å²) in [5.41, 5.74) is 6.68. The fourth-order valence-electron chi connectivity index (χ4n) is 2.24. The third kappa shape index (κ3) is 2.92. The molecule has 18 heavy (non-hydrogen) atoms. The van der Waals surface area contributed by atoms with Crippen LogP contribution in [0.25, 0.3) is 0 Å². The Hall–Kier alpha value is -1.76. The van der Waals surface area contributed by atoms with Crippen molar-refractivity contribution in [2.75, 3.05) is 5.32 Å². The van der Waals surface area contributed by atoms with E-state index in [4.69, 9.17) is 0 Å². The van der Waals surface area contributed by atoms with Crippen molar-refractivity contribution in [1.29, 1.82) is 0 Å². The van der Waals surface area contributed by atoms with Crippen LogP contribution in [0.15, 0.2) is 42.5 Å². The monoisotopic (exact) mass is 239 g/mol. The van der Waals surface area contributed by atoms with Crippen molar-refractivity contribution in [2.45, 2.75) is 33.7 Å². The van der Waals surface area contributed by atoms with Crippen LogP contribution in [0.2, 0.25) is 0 Å². The van der Waals surface area contributed by atoms with E-state index in [1.165, 1.54) is 27.9 Å². The summed E-state index contributed by atoms with van der Waals surface area (Å²) in [7, 11) is 0. The standard InChI is InChI=1S/C17H21N/c1-4-15-7-5-6-8-17(15)18-12-16-10-9-13(2)11-14(16)3/h5-11,18H,4,12H2,1-3H3. The summed E-state index contributed by atoms with van der Waals surface area (Å²) in [5, 5.41) is 3.54. The van der Waals surface area contributed by atoms with Crippen molar-refractivity contribution in [3.05, 3.63) is 64.7 Å². The molecule has 94 valence electrons. The minimum Gasteiger partial charge on any atom is -0.381 e. The quantitative estimate of drug-likeness (QED) is 0.829. The van der Waals surface area contributed by atoms with Crippen LogP contribution >= 0.6 is 0 Å². The molecule has 0 unspecified atom stereocenters. The van der Waals surface area contributed by atoms with Gasteiger partial charge in [0.25, 0.3) is 0 Å². The maximum atomic E-state index is 3.54. The third-order valence-corrected chi connectivity index (χ3v) is 3.37. The highest BCUT2D eigenvalue weighted by Crippen LogP contribution is 2.18. The summed E-state index contributed by atoms with van der Waals surface area (Å²) >= 11 is 0. The predicted molar refractivity (Wildman–Crippen MR) is 79.1 cm³/mol. The lowest BCUT2D eigenvalue weighted by atomic mass is 10.1. The molecular weight excluding hydrogens is 218 g/mol. The zero-order valence-corrected chi connectivity index (χ0v) is 11.5. The van der Waals surface area contributed by atoms with Crippen molar-refractivity contribution in [3.8, 4) is 0 Å².